The molecule has 1 saturated heterocycles. The number of hydrogen-bond donors (Lipinski definition) is 2. The summed E-state index contributed by atoms with van der Waals surface area (Å²) in [5.41, 5.74) is 5.39. The van der Waals surface area contributed by atoms with E-state index in [0.29, 0.717) is 6.61 Å². The van der Waals surface area contributed by atoms with E-state index in [1.165, 1.54) is 4.90 Å². The molecule has 16 heavy (non-hydrogen) atoms. The van der Waals surface area contributed by atoms with Crippen molar-refractivity contribution in [2.24, 2.45) is 5.73 Å². The predicted octanol–water partition coefficient (Wildman–Crippen LogP) is -0.0822. The molecule has 1 aliphatic heterocycles. The van der Waals surface area contributed by atoms with E-state index in [1.807, 2.05) is 5.32 Å². The van der Waals surface area contributed by atoms with Crippen LogP contribution in [0, 0.1) is 0 Å². The minimum atomic E-state index is -4.40. The van der Waals surface area contributed by atoms with Crippen molar-refractivity contribution in [1.29, 1.82) is 0 Å². The summed E-state index contributed by atoms with van der Waals surface area (Å²) in [4.78, 5) is 12.7. The van der Waals surface area contributed by atoms with E-state index in [1.54, 1.807) is 0 Å². The largest absolute Gasteiger partial charge is 0.405 e. The first kappa shape index (κ1) is 13.0. The normalized spacial score (nSPS) is 22.0. The summed E-state index contributed by atoms with van der Waals surface area (Å²) < 4.78 is 40.7. The number of amides is 2. The number of carbonyl (C=O) groups excluding carboxylic acids is 1. The number of morpholine rings is 1. The number of hydrogen-bond acceptors (Lipinski definition) is 3. The van der Waals surface area contributed by atoms with Crippen LogP contribution in [0.25, 0.3) is 0 Å². The molecule has 3 N–H and O–H groups in total. The Morgan fingerprint density at radius 3 is 2.81 bits per heavy atom. The Bertz CT molecular complexity index is 247. The predicted molar refractivity (Wildman–Crippen MR) is 49.8 cm³/mol. The van der Waals surface area contributed by atoms with Gasteiger partial charge >= 0.3 is 12.2 Å². The van der Waals surface area contributed by atoms with Crippen LogP contribution < -0.4 is 11.1 Å². The Labute approximate surface area is 90.7 Å². The maximum Gasteiger partial charge on any atom is 0.405 e. The van der Waals surface area contributed by atoms with Gasteiger partial charge in [-0.05, 0) is 0 Å². The number of ether oxygens (including phenoxy) is 1. The van der Waals surface area contributed by atoms with Crippen molar-refractivity contribution < 1.29 is 22.7 Å². The molecular weight excluding hydrogens is 227 g/mol. The standard InChI is InChI=1S/C8H14F3N3O2/c9-8(10,11)5-13-7(15)14-1-2-16-4-6(14)3-12/h6H,1-5,12H2,(H,13,15). The zero-order chi connectivity index (χ0) is 12.2. The van der Waals surface area contributed by atoms with Crippen molar-refractivity contribution in [3.8, 4) is 0 Å². The molecule has 0 aromatic carbocycles. The number of nitrogens with one attached hydrogen (secondary N) is 1. The first-order valence-corrected chi connectivity index (χ1v) is 4.83. The summed E-state index contributed by atoms with van der Waals surface area (Å²) in [6.45, 7) is -0.336. The van der Waals surface area contributed by atoms with E-state index < -0.39 is 18.8 Å². The molecule has 0 aromatic heterocycles. The summed E-state index contributed by atoms with van der Waals surface area (Å²) >= 11 is 0. The first-order chi connectivity index (χ1) is 7.44. The van der Waals surface area contributed by atoms with Crippen LogP contribution in [-0.2, 0) is 4.74 Å². The number of carbonyl (C=O) groups is 1. The van der Waals surface area contributed by atoms with Gasteiger partial charge in [-0.3, -0.25) is 0 Å². The smallest absolute Gasteiger partial charge is 0.377 e. The van der Waals surface area contributed by atoms with Crippen molar-refractivity contribution >= 4 is 6.03 Å². The van der Waals surface area contributed by atoms with Gasteiger partial charge in [0.05, 0.1) is 19.3 Å². The van der Waals surface area contributed by atoms with Gasteiger partial charge < -0.3 is 20.7 Å². The van der Waals surface area contributed by atoms with E-state index in [9.17, 15) is 18.0 Å². The van der Waals surface area contributed by atoms with Crippen LogP contribution in [0.2, 0.25) is 0 Å². The second-order valence-corrected chi connectivity index (χ2v) is 3.43. The lowest BCUT2D eigenvalue weighted by molar-refractivity contribution is -0.123. The molecule has 5 nitrogen and oxygen atoms in total. The highest BCUT2D eigenvalue weighted by Gasteiger charge is 2.31. The lowest BCUT2D eigenvalue weighted by Gasteiger charge is -2.34. The van der Waals surface area contributed by atoms with E-state index in [-0.39, 0.29) is 25.7 Å². The molecule has 0 saturated carbocycles. The van der Waals surface area contributed by atoms with Crippen molar-refractivity contribution in [3.05, 3.63) is 0 Å². The molecule has 1 rings (SSSR count). The maximum absolute atomic E-state index is 11.9. The number of alkyl halides is 3. The van der Waals surface area contributed by atoms with Gasteiger partial charge in [0.25, 0.3) is 0 Å². The molecule has 1 fully saturated rings. The van der Waals surface area contributed by atoms with Gasteiger partial charge in [-0.25, -0.2) is 4.79 Å². The highest BCUT2D eigenvalue weighted by atomic mass is 19.4. The molecule has 94 valence electrons. The third-order valence-corrected chi connectivity index (χ3v) is 2.20. The maximum atomic E-state index is 11.9. The van der Waals surface area contributed by atoms with E-state index >= 15 is 0 Å². The van der Waals surface area contributed by atoms with Gasteiger partial charge in [0.15, 0.2) is 0 Å². The molecule has 1 heterocycles. The molecule has 1 aliphatic rings. The summed E-state index contributed by atoms with van der Waals surface area (Å²) in [6.07, 6.45) is -4.40. The van der Waals surface area contributed by atoms with E-state index in [2.05, 4.69) is 0 Å². The number of nitrogens with two attached hydrogens (primary N) is 1. The zero-order valence-electron chi connectivity index (χ0n) is 8.59. The fraction of sp³-hybridized carbons (Fsp3) is 0.875. The molecular formula is C8H14F3N3O2. The van der Waals surface area contributed by atoms with Crippen LogP contribution in [0.15, 0.2) is 0 Å². The molecule has 1 unspecified atom stereocenters. The van der Waals surface area contributed by atoms with Crippen LogP contribution in [-0.4, -0.2) is 56.0 Å². The number of rotatable bonds is 2. The van der Waals surface area contributed by atoms with Crippen LogP contribution in [0.5, 0.6) is 0 Å². The van der Waals surface area contributed by atoms with Crippen molar-refractivity contribution in [3.63, 3.8) is 0 Å². The SMILES string of the molecule is NCC1COCCN1C(=O)NCC(F)(F)F. The van der Waals surface area contributed by atoms with Gasteiger partial charge in [-0.15, -0.1) is 0 Å². The summed E-state index contributed by atoms with van der Waals surface area (Å²) in [6, 6.07) is -1.11. The molecule has 0 aliphatic carbocycles. The Morgan fingerprint density at radius 2 is 2.25 bits per heavy atom. The highest BCUT2D eigenvalue weighted by molar-refractivity contribution is 5.74. The second-order valence-electron chi connectivity index (χ2n) is 3.43. The Morgan fingerprint density at radius 1 is 1.56 bits per heavy atom. The molecule has 1 atom stereocenters. The molecule has 0 spiro atoms. The Balaban J connectivity index is 2.45. The van der Waals surface area contributed by atoms with E-state index in [0.717, 1.165) is 0 Å². The topological polar surface area (TPSA) is 67.6 Å². The third kappa shape index (κ3) is 3.86. The molecule has 0 radical (unpaired) electrons. The van der Waals surface area contributed by atoms with Gasteiger partial charge in [-0.2, -0.15) is 13.2 Å². The second kappa shape index (κ2) is 5.35. The third-order valence-electron chi connectivity index (χ3n) is 2.20. The minimum absolute atomic E-state index is 0.166. The molecule has 8 heteroatoms. The summed E-state index contributed by atoms with van der Waals surface area (Å²) in [5, 5.41) is 1.81. The Hall–Kier alpha value is -1.02. The van der Waals surface area contributed by atoms with Crippen LogP contribution in [0.1, 0.15) is 0 Å². The quantitative estimate of drug-likeness (QED) is 0.710. The zero-order valence-corrected chi connectivity index (χ0v) is 8.59. The van der Waals surface area contributed by atoms with Crippen molar-refractivity contribution in [2.45, 2.75) is 12.2 Å². The highest BCUT2D eigenvalue weighted by Crippen LogP contribution is 2.13. The van der Waals surface area contributed by atoms with Gasteiger partial charge in [0.2, 0.25) is 0 Å². The minimum Gasteiger partial charge on any atom is -0.377 e. The van der Waals surface area contributed by atoms with Crippen LogP contribution in [0.4, 0.5) is 18.0 Å². The number of halogens is 3. The summed E-state index contributed by atoms with van der Waals surface area (Å²) in [7, 11) is 0. The molecule has 0 bridgehead atoms. The molecule has 0 aromatic rings. The van der Waals surface area contributed by atoms with Gasteiger partial charge in [-0.1, -0.05) is 0 Å². The van der Waals surface area contributed by atoms with Gasteiger partial charge in [0, 0.05) is 13.1 Å². The van der Waals surface area contributed by atoms with Crippen LogP contribution in [0.3, 0.4) is 0 Å². The number of urea groups is 1. The lowest BCUT2D eigenvalue weighted by atomic mass is 10.2. The average molecular weight is 241 g/mol. The van der Waals surface area contributed by atoms with E-state index in [4.69, 9.17) is 10.5 Å². The van der Waals surface area contributed by atoms with Gasteiger partial charge in [0.1, 0.15) is 6.54 Å². The van der Waals surface area contributed by atoms with Crippen LogP contribution >= 0.6 is 0 Å². The molecule has 2 amide bonds. The van der Waals surface area contributed by atoms with Crippen molar-refractivity contribution in [2.75, 3.05) is 32.8 Å². The first-order valence-electron chi connectivity index (χ1n) is 4.83. The fourth-order valence-electron chi connectivity index (χ4n) is 1.39. The van der Waals surface area contributed by atoms with Crippen molar-refractivity contribution in [1.82, 2.24) is 10.2 Å². The average Bonchev–Trinajstić information content (AvgIpc) is 2.25. The number of nitrogens with zero attached hydrogens (tertiary/aromatic N) is 1. The lowest BCUT2D eigenvalue weighted by Crippen LogP contribution is -2.56. The summed E-state index contributed by atoms with van der Waals surface area (Å²) in [5.74, 6) is 0. The fourth-order valence-corrected chi connectivity index (χ4v) is 1.39. The monoisotopic (exact) mass is 241 g/mol. The Kier molecular flexibility index (Phi) is 4.36.